The van der Waals surface area contributed by atoms with Crippen LogP contribution in [0.25, 0.3) is 0 Å². The molecule has 1 N–H and O–H groups in total. The summed E-state index contributed by atoms with van der Waals surface area (Å²) in [5, 5.41) is 3.38. The van der Waals surface area contributed by atoms with Gasteiger partial charge < -0.3 is 14.8 Å². The molecule has 0 saturated carbocycles. The summed E-state index contributed by atoms with van der Waals surface area (Å²) < 4.78 is 11.1. The number of nitrogens with one attached hydrogen (secondary N) is 1. The van der Waals surface area contributed by atoms with Crippen LogP contribution in [0.1, 0.15) is 18.9 Å². The zero-order valence-corrected chi connectivity index (χ0v) is 9.25. The van der Waals surface area contributed by atoms with Gasteiger partial charge in [-0.15, -0.1) is 0 Å². The second kappa shape index (κ2) is 4.53. The number of benzene rings is 1. The van der Waals surface area contributed by atoms with Gasteiger partial charge in [-0.05, 0) is 24.6 Å². The van der Waals surface area contributed by atoms with E-state index in [0.717, 1.165) is 31.0 Å². The van der Waals surface area contributed by atoms with Crippen molar-refractivity contribution < 1.29 is 9.47 Å². The molecule has 2 rings (SSSR count). The molecule has 82 valence electrons. The maximum absolute atomic E-state index is 5.89. The first-order chi connectivity index (χ1) is 7.33. The predicted octanol–water partition coefficient (Wildman–Crippen LogP) is 1.96. The van der Waals surface area contributed by atoms with Gasteiger partial charge in [-0.3, -0.25) is 0 Å². The molecule has 1 aliphatic rings. The van der Waals surface area contributed by atoms with Crippen molar-refractivity contribution in [1.29, 1.82) is 0 Å². The van der Waals surface area contributed by atoms with Gasteiger partial charge in [0.1, 0.15) is 17.6 Å². The third-order valence-electron chi connectivity index (χ3n) is 2.70. The third kappa shape index (κ3) is 2.23. The van der Waals surface area contributed by atoms with Crippen LogP contribution in [0, 0.1) is 0 Å². The van der Waals surface area contributed by atoms with Crippen molar-refractivity contribution in [3.05, 3.63) is 23.8 Å². The summed E-state index contributed by atoms with van der Waals surface area (Å²) in [6.07, 6.45) is 1.30. The van der Waals surface area contributed by atoms with Crippen LogP contribution in [-0.2, 0) is 6.54 Å². The summed E-state index contributed by atoms with van der Waals surface area (Å²) in [4.78, 5) is 0. The van der Waals surface area contributed by atoms with Crippen molar-refractivity contribution in [3.63, 3.8) is 0 Å². The van der Waals surface area contributed by atoms with E-state index in [1.807, 2.05) is 18.2 Å². The Labute approximate surface area is 90.4 Å². The molecule has 1 heterocycles. The number of fused-ring (bicyclic) bond motifs is 1. The van der Waals surface area contributed by atoms with Crippen molar-refractivity contribution in [2.75, 3.05) is 13.7 Å². The fourth-order valence-electron chi connectivity index (χ4n) is 1.75. The Bertz CT molecular complexity index is 338. The Kier molecular flexibility index (Phi) is 3.11. The second-order valence-electron chi connectivity index (χ2n) is 3.75. The highest BCUT2D eigenvalue weighted by atomic mass is 16.5. The molecule has 0 aliphatic carbocycles. The van der Waals surface area contributed by atoms with Gasteiger partial charge in [0, 0.05) is 18.7 Å². The summed E-state index contributed by atoms with van der Waals surface area (Å²) in [7, 11) is 1.68. The van der Waals surface area contributed by atoms with Crippen molar-refractivity contribution in [3.8, 4) is 11.5 Å². The van der Waals surface area contributed by atoms with Crippen molar-refractivity contribution >= 4 is 0 Å². The molecule has 15 heavy (non-hydrogen) atoms. The molecule has 3 heteroatoms. The highest BCUT2D eigenvalue weighted by Gasteiger charge is 2.15. The van der Waals surface area contributed by atoms with E-state index >= 15 is 0 Å². The molecule has 0 fully saturated rings. The van der Waals surface area contributed by atoms with Gasteiger partial charge in [-0.1, -0.05) is 6.92 Å². The molecular formula is C12H17NO2. The quantitative estimate of drug-likeness (QED) is 0.804. The summed E-state index contributed by atoms with van der Waals surface area (Å²) in [6.45, 7) is 3.90. The van der Waals surface area contributed by atoms with E-state index in [9.17, 15) is 0 Å². The van der Waals surface area contributed by atoms with E-state index in [0.29, 0.717) is 0 Å². The van der Waals surface area contributed by atoms with E-state index in [1.165, 1.54) is 5.56 Å². The fourth-order valence-corrected chi connectivity index (χ4v) is 1.75. The molecule has 1 aromatic carbocycles. The average molecular weight is 207 g/mol. The van der Waals surface area contributed by atoms with Crippen LogP contribution >= 0.6 is 0 Å². The van der Waals surface area contributed by atoms with Gasteiger partial charge in [0.15, 0.2) is 0 Å². The minimum absolute atomic E-state index is 0.277. The number of ether oxygens (including phenoxy) is 2. The molecule has 0 spiro atoms. The summed E-state index contributed by atoms with van der Waals surface area (Å²) in [6, 6.07) is 5.96. The van der Waals surface area contributed by atoms with Crippen LogP contribution in [0.4, 0.5) is 0 Å². The Hall–Kier alpha value is -1.22. The first-order valence-electron chi connectivity index (χ1n) is 5.37. The van der Waals surface area contributed by atoms with Crippen LogP contribution in [0.2, 0.25) is 0 Å². The maximum Gasteiger partial charge on any atom is 0.124 e. The van der Waals surface area contributed by atoms with Gasteiger partial charge >= 0.3 is 0 Å². The molecule has 1 atom stereocenters. The van der Waals surface area contributed by atoms with E-state index in [1.54, 1.807) is 7.11 Å². The van der Waals surface area contributed by atoms with Gasteiger partial charge in [0.2, 0.25) is 0 Å². The summed E-state index contributed by atoms with van der Waals surface area (Å²) in [5.74, 6) is 1.86. The number of methoxy groups -OCH3 is 1. The van der Waals surface area contributed by atoms with Crippen LogP contribution in [0.15, 0.2) is 18.2 Å². The standard InChI is InChI=1S/C12H17NO2/c1-3-10-8-13-7-9-6-11(14-2)4-5-12(9)15-10/h4-6,10,13H,3,7-8H2,1-2H3. The summed E-state index contributed by atoms with van der Waals surface area (Å²) in [5.41, 5.74) is 1.17. The lowest BCUT2D eigenvalue weighted by Crippen LogP contribution is -2.27. The summed E-state index contributed by atoms with van der Waals surface area (Å²) >= 11 is 0. The zero-order chi connectivity index (χ0) is 10.7. The van der Waals surface area contributed by atoms with E-state index < -0.39 is 0 Å². The molecule has 3 nitrogen and oxygen atoms in total. The van der Waals surface area contributed by atoms with Crippen LogP contribution in [0.3, 0.4) is 0 Å². The van der Waals surface area contributed by atoms with Crippen LogP contribution in [-0.4, -0.2) is 19.8 Å². The smallest absolute Gasteiger partial charge is 0.124 e. The van der Waals surface area contributed by atoms with Crippen molar-refractivity contribution in [2.45, 2.75) is 26.0 Å². The van der Waals surface area contributed by atoms with Gasteiger partial charge in [0.05, 0.1) is 7.11 Å². The first kappa shape index (κ1) is 10.3. The average Bonchev–Trinajstić information content (AvgIpc) is 2.49. The Balaban J connectivity index is 2.25. The lowest BCUT2D eigenvalue weighted by Gasteiger charge is -2.15. The van der Waals surface area contributed by atoms with Crippen molar-refractivity contribution in [1.82, 2.24) is 5.32 Å². The molecule has 0 saturated heterocycles. The highest BCUT2D eigenvalue weighted by molar-refractivity contribution is 5.40. The minimum atomic E-state index is 0.277. The van der Waals surface area contributed by atoms with E-state index in [-0.39, 0.29) is 6.10 Å². The van der Waals surface area contributed by atoms with Crippen LogP contribution in [0.5, 0.6) is 11.5 Å². The number of hydrogen-bond acceptors (Lipinski definition) is 3. The van der Waals surface area contributed by atoms with Crippen LogP contribution < -0.4 is 14.8 Å². The highest BCUT2D eigenvalue weighted by Crippen LogP contribution is 2.26. The molecule has 1 unspecified atom stereocenters. The van der Waals surface area contributed by atoms with Gasteiger partial charge in [0.25, 0.3) is 0 Å². The Morgan fingerprint density at radius 3 is 3.13 bits per heavy atom. The SMILES string of the molecule is CCC1CNCc2cc(OC)ccc2O1. The van der Waals surface area contributed by atoms with Gasteiger partial charge in [-0.2, -0.15) is 0 Å². The van der Waals surface area contributed by atoms with E-state index in [2.05, 4.69) is 12.2 Å². The minimum Gasteiger partial charge on any atom is -0.497 e. The lowest BCUT2D eigenvalue weighted by molar-refractivity contribution is 0.201. The monoisotopic (exact) mass is 207 g/mol. The molecular weight excluding hydrogens is 190 g/mol. The molecule has 0 aromatic heterocycles. The molecule has 0 radical (unpaired) electrons. The first-order valence-corrected chi connectivity index (χ1v) is 5.37. The number of rotatable bonds is 2. The Morgan fingerprint density at radius 2 is 2.40 bits per heavy atom. The molecule has 1 aromatic rings. The third-order valence-corrected chi connectivity index (χ3v) is 2.70. The molecule has 0 amide bonds. The van der Waals surface area contributed by atoms with Gasteiger partial charge in [-0.25, -0.2) is 0 Å². The molecule has 0 bridgehead atoms. The fraction of sp³-hybridized carbons (Fsp3) is 0.500. The lowest BCUT2D eigenvalue weighted by atomic mass is 10.2. The molecule has 1 aliphatic heterocycles. The number of hydrogen-bond donors (Lipinski definition) is 1. The topological polar surface area (TPSA) is 30.5 Å². The Morgan fingerprint density at radius 1 is 1.53 bits per heavy atom. The normalized spacial score (nSPS) is 20.0. The largest absolute Gasteiger partial charge is 0.497 e. The van der Waals surface area contributed by atoms with E-state index in [4.69, 9.17) is 9.47 Å². The van der Waals surface area contributed by atoms with Crippen molar-refractivity contribution in [2.24, 2.45) is 0 Å². The maximum atomic E-state index is 5.89. The zero-order valence-electron chi connectivity index (χ0n) is 9.25. The second-order valence-corrected chi connectivity index (χ2v) is 3.75. The predicted molar refractivity (Wildman–Crippen MR) is 59.4 cm³/mol.